The lowest BCUT2D eigenvalue weighted by atomic mass is 9.92. The summed E-state index contributed by atoms with van der Waals surface area (Å²) in [5, 5.41) is 16.5. The molecule has 0 fully saturated rings. The van der Waals surface area contributed by atoms with Gasteiger partial charge in [0.05, 0.1) is 73.0 Å². The Morgan fingerprint density at radius 1 is 0.400 bits per heavy atom. The van der Waals surface area contributed by atoms with Crippen LogP contribution in [0.3, 0.4) is 0 Å². The first kappa shape index (κ1) is 40.0. The van der Waals surface area contributed by atoms with Gasteiger partial charge in [0.1, 0.15) is 5.56 Å². The summed E-state index contributed by atoms with van der Waals surface area (Å²) in [6.07, 6.45) is 0.553. The van der Waals surface area contributed by atoms with E-state index in [2.05, 4.69) is 33.4 Å². The second kappa shape index (κ2) is 15.0. The standard InChI is InChI=1S/C62H38F3N5/c63-62(64,65)57-60(69-52-29-13-5-21-44(52)45-22-6-14-30-53(45)69)58(67-48-25-9-1-17-40(48)41-18-2-10-26-49(41)67)56(39-35-33-38(37-66)34-36-39)59(68-50-27-11-3-19-42(50)43-20-4-12-28-51(43)68)61(57)70-54-31-15-7-23-46(54)47-24-8-16-32-55(47)70/h1-7,9-23,25-36H,8,24H2. The first-order chi connectivity index (χ1) is 34.4. The Balaban J connectivity index is 1.38. The monoisotopic (exact) mass is 909 g/mol. The molecule has 0 saturated heterocycles. The number of benzene rings is 9. The first-order valence-corrected chi connectivity index (χ1v) is 23.5. The molecule has 4 heterocycles. The Morgan fingerprint density at radius 3 is 1.13 bits per heavy atom. The maximum atomic E-state index is 18.2. The van der Waals surface area contributed by atoms with Crippen molar-refractivity contribution < 1.29 is 13.2 Å². The smallest absolute Gasteiger partial charge is 0.307 e. The van der Waals surface area contributed by atoms with E-state index in [1.165, 1.54) is 0 Å². The lowest BCUT2D eigenvalue weighted by Crippen LogP contribution is -2.22. The van der Waals surface area contributed by atoms with Gasteiger partial charge in [0.25, 0.3) is 0 Å². The van der Waals surface area contributed by atoms with Gasteiger partial charge >= 0.3 is 6.18 Å². The van der Waals surface area contributed by atoms with Crippen LogP contribution in [0.15, 0.2) is 200 Å². The molecule has 0 aliphatic heterocycles. The molecule has 0 bridgehead atoms. The topological polar surface area (TPSA) is 43.5 Å². The number of aryl methyl sites for hydroxylation is 1. The Kier molecular flexibility index (Phi) is 8.56. The van der Waals surface area contributed by atoms with Crippen molar-refractivity contribution in [1.29, 1.82) is 5.26 Å². The quantitative estimate of drug-likeness (QED) is 0.170. The minimum atomic E-state index is -4.97. The molecule has 0 spiro atoms. The van der Waals surface area contributed by atoms with E-state index in [0.29, 0.717) is 56.7 Å². The molecule has 0 atom stereocenters. The van der Waals surface area contributed by atoms with Crippen molar-refractivity contribution in [3.63, 3.8) is 0 Å². The van der Waals surface area contributed by atoms with Crippen molar-refractivity contribution in [2.24, 2.45) is 0 Å². The zero-order chi connectivity index (χ0) is 46.8. The molecule has 70 heavy (non-hydrogen) atoms. The normalized spacial score (nSPS) is 12.9. The number of allylic oxidation sites excluding steroid dienone is 1. The van der Waals surface area contributed by atoms with Gasteiger partial charge in [-0.05, 0) is 84.6 Å². The van der Waals surface area contributed by atoms with Crippen LogP contribution in [0.2, 0.25) is 0 Å². The van der Waals surface area contributed by atoms with Crippen LogP contribution in [0.5, 0.6) is 0 Å². The number of alkyl halides is 3. The number of hydrogen-bond acceptors (Lipinski definition) is 1. The van der Waals surface area contributed by atoms with Gasteiger partial charge < -0.3 is 18.3 Å². The van der Waals surface area contributed by atoms with E-state index in [9.17, 15) is 5.26 Å². The third-order valence-corrected chi connectivity index (χ3v) is 14.5. The predicted molar refractivity (Wildman–Crippen MR) is 279 cm³/mol. The maximum Gasteiger partial charge on any atom is 0.420 e. The summed E-state index contributed by atoms with van der Waals surface area (Å²) in [5.41, 5.74) is 8.24. The van der Waals surface area contributed by atoms with Gasteiger partial charge in [0.2, 0.25) is 0 Å². The number of rotatable bonds is 5. The summed E-state index contributed by atoms with van der Waals surface area (Å²) in [7, 11) is 0. The SMILES string of the molecule is N#Cc1ccc(-c2c(-n3c4ccccc4c4ccccc43)c(-n3c4c(c5ccccc53)CCC=C4)c(C(F)(F)F)c(-n3c4ccccc4c4ccccc43)c2-n2c3ccccc3c3ccccc32)cc1. The van der Waals surface area contributed by atoms with Gasteiger partial charge in [-0.15, -0.1) is 0 Å². The number of aromatic nitrogens is 4. The Morgan fingerprint density at radius 2 is 0.743 bits per heavy atom. The summed E-state index contributed by atoms with van der Waals surface area (Å²) < 4.78 is 62.4. The third kappa shape index (κ3) is 5.54. The van der Waals surface area contributed by atoms with E-state index in [1.54, 1.807) is 12.1 Å². The molecule has 4 aromatic heterocycles. The fraction of sp³-hybridized carbons (Fsp3) is 0.0484. The summed E-state index contributed by atoms with van der Waals surface area (Å²) in [6.45, 7) is 0. The Labute approximate surface area is 399 Å². The van der Waals surface area contributed by atoms with Crippen LogP contribution < -0.4 is 0 Å². The number of hydrogen-bond donors (Lipinski definition) is 0. The number of nitriles is 1. The molecule has 332 valence electrons. The number of fused-ring (bicyclic) bond motifs is 12. The number of nitrogens with zero attached hydrogens (tertiary/aromatic N) is 5. The highest BCUT2D eigenvalue weighted by Crippen LogP contribution is 2.55. The van der Waals surface area contributed by atoms with Crippen LogP contribution in [0.4, 0.5) is 13.2 Å². The lowest BCUT2D eigenvalue weighted by molar-refractivity contribution is -0.137. The van der Waals surface area contributed by atoms with Crippen LogP contribution in [-0.4, -0.2) is 18.3 Å². The highest BCUT2D eigenvalue weighted by molar-refractivity contribution is 6.15. The molecular formula is C62H38F3N5. The van der Waals surface area contributed by atoms with Crippen LogP contribution >= 0.6 is 0 Å². The number of halogens is 3. The molecule has 13 aromatic rings. The molecule has 0 N–H and O–H groups in total. The second-order valence-electron chi connectivity index (χ2n) is 18.1. The molecule has 0 radical (unpaired) electrons. The average Bonchev–Trinajstić information content (AvgIpc) is 4.13. The maximum absolute atomic E-state index is 18.2. The highest BCUT2D eigenvalue weighted by Gasteiger charge is 2.45. The lowest BCUT2D eigenvalue weighted by Gasteiger charge is -2.32. The summed E-state index contributed by atoms with van der Waals surface area (Å²) in [5.74, 6) is 0. The third-order valence-electron chi connectivity index (χ3n) is 14.5. The fourth-order valence-corrected chi connectivity index (χ4v) is 11.7. The fourth-order valence-electron chi connectivity index (χ4n) is 11.7. The molecule has 14 rings (SSSR count). The predicted octanol–water partition coefficient (Wildman–Crippen LogP) is 16.4. The van der Waals surface area contributed by atoms with Gasteiger partial charge in [-0.3, -0.25) is 0 Å². The van der Waals surface area contributed by atoms with E-state index in [0.717, 1.165) is 71.8 Å². The molecule has 0 saturated carbocycles. The van der Waals surface area contributed by atoms with Crippen molar-refractivity contribution in [1.82, 2.24) is 18.3 Å². The van der Waals surface area contributed by atoms with E-state index < -0.39 is 11.7 Å². The van der Waals surface area contributed by atoms with Crippen LogP contribution in [0.25, 0.3) is 116 Å². The van der Waals surface area contributed by atoms with Crippen molar-refractivity contribution in [3.05, 3.63) is 223 Å². The Hall–Kier alpha value is -9.06. The van der Waals surface area contributed by atoms with Crippen molar-refractivity contribution in [2.75, 3.05) is 0 Å². The first-order valence-electron chi connectivity index (χ1n) is 23.5. The van der Waals surface area contributed by atoms with Crippen LogP contribution in [0.1, 0.15) is 28.8 Å². The molecule has 1 aliphatic carbocycles. The van der Waals surface area contributed by atoms with Gasteiger partial charge in [0.15, 0.2) is 0 Å². The summed E-state index contributed by atoms with van der Waals surface area (Å²) >= 11 is 0. The molecule has 0 amide bonds. The molecule has 9 aromatic carbocycles. The molecular weight excluding hydrogens is 872 g/mol. The second-order valence-corrected chi connectivity index (χ2v) is 18.1. The zero-order valence-corrected chi connectivity index (χ0v) is 37.4. The van der Waals surface area contributed by atoms with E-state index in [4.69, 9.17) is 0 Å². The van der Waals surface area contributed by atoms with E-state index in [1.807, 2.05) is 185 Å². The van der Waals surface area contributed by atoms with Gasteiger partial charge in [0, 0.05) is 49.0 Å². The van der Waals surface area contributed by atoms with Gasteiger partial charge in [-0.2, -0.15) is 18.4 Å². The molecule has 0 unspecified atom stereocenters. The molecule has 1 aliphatic rings. The summed E-state index contributed by atoms with van der Waals surface area (Å²) in [4.78, 5) is 0. The summed E-state index contributed by atoms with van der Waals surface area (Å²) in [6, 6.07) is 65.1. The van der Waals surface area contributed by atoms with Gasteiger partial charge in [-0.1, -0.05) is 146 Å². The minimum Gasteiger partial charge on any atom is -0.307 e. The number of para-hydroxylation sites is 7. The molecule has 8 heteroatoms. The van der Waals surface area contributed by atoms with Crippen molar-refractivity contribution in [3.8, 4) is 39.9 Å². The van der Waals surface area contributed by atoms with Gasteiger partial charge in [-0.25, -0.2) is 0 Å². The average molecular weight is 910 g/mol. The minimum absolute atomic E-state index is 0.00347. The largest absolute Gasteiger partial charge is 0.420 e. The molecule has 5 nitrogen and oxygen atoms in total. The Bertz CT molecular complexity index is 4250. The van der Waals surface area contributed by atoms with Crippen molar-refractivity contribution in [2.45, 2.75) is 19.0 Å². The van der Waals surface area contributed by atoms with Crippen LogP contribution in [-0.2, 0) is 12.6 Å². The van der Waals surface area contributed by atoms with E-state index >= 15 is 13.2 Å². The highest BCUT2D eigenvalue weighted by atomic mass is 19.4. The zero-order valence-electron chi connectivity index (χ0n) is 37.4. The van der Waals surface area contributed by atoms with Crippen LogP contribution in [0, 0.1) is 11.3 Å². The van der Waals surface area contributed by atoms with Crippen molar-refractivity contribution >= 4 is 82.4 Å². The van der Waals surface area contributed by atoms with E-state index in [-0.39, 0.29) is 11.4 Å².